The lowest BCUT2D eigenvalue weighted by Crippen LogP contribution is -2.40. The molecule has 0 unspecified atom stereocenters. The van der Waals surface area contributed by atoms with E-state index in [0.717, 1.165) is 19.3 Å². The molecule has 0 aromatic heterocycles. The van der Waals surface area contributed by atoms with E-state index < -0.39 is 30.9 Å². The molecule has 37 heavy (non-hydrogen) atoms. The molecule has 0 heterocycles. The summed E-state index contributed by atoms with van der Waals surface area (Å²) >= 11 is 0. The molecule has 1 aromatic carbocycles. The number of hydrogen-bond acceptors (Lipinski definition) is 7. The summed E-state index contributed by atoms with van der Waals surface area (Å²) in [5, 5.41) is 40.0. The van der Waals surface area contributed by atoms with Crippen LogP contribution in [0.2, 0.25) is 0 Å². The van der Waals surface area contributed by atoms with Crippen LogP contribution < -0.4 is 4.74 Å². The number of ether oxygens (including phenoxy) is 2. The van der Waals surface area contributed by atoms with Gasteiger partial charge in [0, 0.05) is 6.08 Å². The lowest BCUT2D eigenvalue weighted by atomic mass is 10.0. The maximum absolute atomic E-state index is 11.9. The minimum absolute atomic E-state index is 0.00743. The maximum Gasteiger partial charge on any atom is 0.330 e. The summed E-state index contributed by atoms with van der Waals surface area (Å²) in [5.41, 5.74) is 0.621. The molecular formula is C30H50O7. The number of carbonyl (C=O) groups excluding carboxylic acids is 1. The molecule has 0 bridgehead atoms. The first-order valence-corrected chi connectivity index (χ1v) is 14.1. The van der Waals surface area contributed by atoms with Crippen LogP contribution in [0.3, 0.4) is 0 Å². The largest absolute Gasteiger partial charge is 0.504 e. The molecule has 0 saturated carbocycles. The van der Waals surface area contributed by atoms with Gasteiger partial charge in [-0.1, -0.05) is 103 Å². The van der Waals surface area contributed by atoms with Crippen molar-refractivity contribution in [3.05, 3.63) is 29.8 Å². The second kappa shape index (κ2) is 20.9. The van der Waals surface area contributed by atoms with Gasteiger partial charge in [-0.05, 0) is 30.2 Å². The molecule has 0 aliphatic rings. The Morgan fingerprint density at radius 3 is 1.92 bits per heavy atom. The smallest absolute Gasteiger partial charge is 0.330 e. The second-order valence-corrected chi connectivity index (χ2v) is 9.90. The van der Waals surface area contributed by atoms with E-state index in [4.69, 9.17) is 9.47 Å². The standard InChI is InChI=1S/C30H50O7/c1-3-4-5-6-7-8-9-10-11-12-13-14-15-16-17-26(32)30(35)27(33)23-37-29(34)21-19-24-18-20-25(31)28(22-24)36-2/h18-22,26-27,30-33,35H,3-17,23H2,1-2H3/t26-,27+,30+/m1/s1. The average Bonchev–Trinajstić information content (AvgIpc) is 2.90. The molecule has 0 aliphatic carbocycles. The lowest BCUT2D eigenvalue weighted by Gasteiger charge is -2.22. The van der Waals surface area contributed by atoms with Crippen molar-refractivity contribution < 1.29 is 34.7 Å². The molecule has 4 N–H and O–H groups in total. The fourth-order valence-corrected chi connectivity index (χ4v) is 4.25. The SMILES string of the molecule is CCCCCCCCCCCCCCCC[C@@H](O)[C@H](O)[C@@H](O)COC(=O)C=Cc1ccc(O)c(OC)c1. The highest BCUT2D eigenvalue weighted by Crippen LogP contribution is 2.26. The Hall–Kier alpha value is -2.09. The van der Waals surface area contributed by atoms with E-state index in [9.17, 15) is 25.2 Å². The molecule has 7 heteroatoms. The number of rotatable bonds is 22. The van der Waals surface area contributed by atoms with Crippen LogP contribution >= 0.6 is 0 Å². The first kappa shape index (κ1) is 32.9. The molecule has 1 aromatic rings. The highest BCUT2D eigenvalue weighted by atomic mass is 16.5. The molecule has 0 amide bonds. The predicted molar refractivity (Wildman–Crippen MR) is 148 cm³/mol. The number of methoxy groups -OCH3 is 1. The van der Waals surface area contributed by atoms with Crippen molar-refractivity contribution in [2.45, 2.75) is 122 Å². The number of phenolic OH excluding ortho intramolecular Hbond substituents is 1. The molecule has 7 nitrogen and oxygen atoms in total. The van der Waals surface area contributed by atoms with E-state index in [1.54, 1.807) is 12.1 Å². The predicted octanol–water partition coefficient (Wildman–Crippen LogP) is 5.91. The van der Waals surface area contributed by atoms with Gasteiger partial charge in [-0.25, -0.2) is 4.79 Å². The van der Waals surface area contributed by atoms with Gasteiger partial charge in [-0.15, -0.1) is 0 Å². The maximum atomic E-state index is 11.9. The van der Waals surface area contributed by atoms with Crippen molar-refractivity contribution in [3.63, 3.8) is 0 Å². The number of phenols is 1. The summed E-state index contributed by atoms with van der Waals surface area (Å²) < 4.78 is 9.99. The topological polar surface area (TPSA) is 116 Å². The third-order valence-electron chi connectivity index (χ3n) is 6.65. The number of aliphatic hydroxyl groups excluding tert-OH is 3. The summed E-state index contributed by atoms with van der Waals surface area (Å²) in [6, 6.07) is 4.61. The Bertz CT molecular complexity index is 749. The van der Waals surface area contributed by atoms with Crippen LogP contribution in [-0.4, -0.2) is 58.4 Å². The van der Waals surface area contributed by atoms with Crippen LogP contribution in [0.1, 0.15) is 109 Å². The van der Waals surface area contributed by atoms with Crippen LogP contribution in [0.5, 0.6) is 11.5 Å². The molecule has 0 spiro atoms. The number of esters is 1. The van der Waals surface area contributed by atoms with Crippen LogP contribution in [0.15, 0.2) is 24.3 Å². The normalized spacial score (nSPS) is 14.0. The summed E-state index contributed by atoms with van der Waals surface area (Å²) in [5.74, 6) is -0.423. The van der Waals surface area contributed by atoms with Crippen LogP contribution in [0, 0.1) is 0 Å². The zero-order valence-corrected chi connectivity index (χ0v) is 22.9. The van der Waals surface area contributed by atoms with Gasteiger partial charge < -0.3 is 29.9 Å². The van der Waals surface area contributed by atoms with Crippen molar-refractivity contribution in [2.24, 2.45) is 0 Å². The Kier molecular flexibility index (Phi) is 18.6. The number of aliphatic hydroxyl groups is 3. The fourth-order valence-electron chi connectivity index (χ4n) is 4.25. The lowest BCUT2D eigenvalue weighted by molar-refractivity contribution is -0.146. The van der Waals surface area contributed by atoms with Crippen molar-refractivity contribution >= 4 is 12.0 Å². The average molecular weight is 523 g/mol. The van der Waals surface area contributed by atoms with Gasteiger partial charge >= 0.3 is 5.97 Å². The fraction of sp³-hybridized carbons (Fsp3) is 0.700. The summed E-state index contributed by atoms with van der Waals surface area (Å²) in [6.07, 6.45) is 16.7. The Labute approximate surface area is 223 Å². The van der Waals surface area contributed by atoms with E-state index in [0.29, 0.717) is 12.0 Å². The van der Waals surface area contributed by atoms with Crippen LogP contribution in [0.25, 0.3) is 6.08 Å². The first-order chi connectivity index (χ1) is 17.9. The third-order valence-corrected chi connectivity index (χ3v) is 6.65. The Balaban J connectivity index is 2.09. The number of benzene rings is 1. The minimum Gasteiger partial charge on any atom is -0.504 e. The number of carbonyl (C=O) groups is 1. The van der Waals surface area contributed by atoms with Crippen molar-refractivity contribution in [3.8, 4) is 11.5 Å². The number of aromatic hydroxyl groups is 1. The van der Waals surface area contributed by atoms with E-state index in [-0.39, 0.29) is 11.5 Å². The molecule has 0 saturated heterocycles. The highest BCUT2D eigenvalue weighted by molar-refractivity contribution is 5.87. The van der Waals surface area contributed by atoms with Crippen LogP contribution in [0.4, 0.5) is 0 Å². The molecule has 212 valence electrons. The highest BCUT2D eigenvalue weighted by Gasteiger charge is 2.25. The Morgan fingerprint density at radius 1 is 0.838 bits per heavy atom. The zero-order chi connectivity index (χ0) is 27.3. The minimum atomic E-state index is -1.37. The second-order valence-electron chi connectivity index (χ2n) is 9.90. The van der Waals surface area contributed by atoms with Crippen molar-refractivity contribution in [1.82, 2.24) is 0 Å². The van der Waals surface area contributed by atoms with Gasteiger partial charge in [0.1, 0.15) is 18.8 Å². The summed E-state index contributed by atoms with van der Waals surface area (Å²) in [4.78, 5) is 11.9. The van der Waals surface area contributed by atoms with Gasteiger partial charge in [0.05, 0.1) is 13.2 Å². The third kappa shape index (κ3) is 15.7. The number of hydrogen-bond donors (Lipinski definition) is 4. The van der Waals surface area contributed by atoms with Gasteiger partial charge in [-0.2, -0.15) is 0 Å². The van der Waals surface area contributed by atoms with Crippen molar-refractivity contribution in [2.75, 3.05) is 13.7 Å². The molecule has 0 radical (unpaired) electrons. The number of unbranched alkanes of at least 4 members (excludes halogenated alkanes) is 13. The quantitative estimate of drug-likeness (QED) is 0.0849. The molecule has 0 fully saturated rings. The summed E-state index contributed by atoms with van der Waals surface area (Å²) in [7, 11) is 1.43. The van der Waals surface area contributed by atoms with E-state index in [1.165, 1.54) is 96.0 Å². The van der Waals surface area contributed by atoms with Crippen LogP contribution in [-0.2, 0) is 9.53 Å². The van der Waals surface area contributed by atoms with Gasteiger partial charge in [0.25, 0.3) is 0 Å². The van der Waals surface area contributed by atoms with E-state index in [1.807, 2.05) is 0 Å². The van der Waals surface area contributed by atoms with E-state index >= 15 is 0 Å². The first-order valence-electron chi connectivity index (χ1n) is 14.1. The molecule has 1 rings (SSSR count). The van der Waals surface area contributed by atoms with Crippen molar-refractivity contribution in [1.29, 1.82) is 0 Å². The van der Waals surface area contributed by atoms with Gasteiger partial charge in [0.2, 0.25) is 0 Å². The monoisotopic (exact) mass is 522 g/mol. The molecular weight excluding hydrogens is 472 g/mol. The molecule has 3 atom stereocenters. The Morgan fingerprint density at radius 2 is 1.38 bits per heavy atom. The van der Waals surface area contributed by atoms with E-state index in [2.05, 4.69) is 6.92 Å². The van der Waals surface area contributed by atoms with Gasteiger partial charge in [-0.3, -0.25) is 0 Å². The van der Waals surface area contributed by atoms with Gasteiger partial charge in [0.15, 0.2) is 11.5 Å². The molecule has 0 aliphatic heterocycles. The summed E-state index contributed by atoms with van der Waals surface area (Å²) in [6.45, 7) is 1.83. The zero-order valence-electron chi connectivity index (χ0n) is 22.9.